The number of rotatable bonds is 1. The van der Waals surface area contributed by atoms with Crippen molar-refractivity contribution in [2.45, 2.75) is 60.0 Å². The predicted molar refractivity (Wildman–Crippen MR) is 68.4 cm³/mol. The lowest BCUT2D eigenvalue weighted by Crippen LogP contribution is -2.31. The van der Waals surface area contributed by atoms with Gasteiger partial charge in [-0.25, -0.2) is 0 Å². The molecule has 0 radical (unpaired) electrons. The van der Waals surface area contributed by atoms with E-state index in [9.17, 15) is 0 Å². The van der Waals surface area contributed by atoms with Crippen LogP contribution in [0.2, 0.25) is 19.6 Å². The van der Waals surface area contributed by atoms with Gasteiger partial charge in [-0.2, -0.15) is 0 Å². The minimum Gasteiger partial charge on any atom is -0.146 e. The smallest absolute Gasteiger partial charge is 0.0713 e. The first-order valence-corrected chi connectivity index (χ1v) is 10.8. The van der Waals surface area contributed by atoms with E-state index in [2.05, 4.69) is 43.2 Å². The van der Waals surface area contributed by atoms with Gasteiger partial charge in [-0.05, 0) is 12.8 Å². The fourth-order valence-corrected chi connectivity index (χ4v) is 9.81. The van der Waals surface area contributed by atoms with E-state index in [-0.39, 0.29) is 0 Å². The maximum Gasteiger partial charge on any atom is 0.0713 e. The third-order valence-electron chi connectivity index (χ3n) is 2.95. The average Bonchev–Trinajstić information content (AvgIpc) is 2.45. The maximum atomic E-state index is 2.52. The van der Waals surface area contributed by atoms with Crippen LogP contribution in [0.25, 0.3) is 0 Å². The lowest BCUT2D eigenvalue weighted by atomic mass is 10.00. The zero-order chi connectivity index (χ0) is 9.47. The largest absolute Gasteiger partial charge is 0.146 e. The Labute approximate surface area is 91.6 Å². The van der Waals surface area contributed by atoms with Gasteiger partial charge in [-0.1, -0.05) is 32.5 Å². The second-order valence-corrected chi connectivity index (χ2v) is 14.5. The van der Waals surface area contributed by atoms with Gasteiger partial charge >= 0.3 is 0 Å². The molecule has 1 aliphatic heterocycles. The van der Waals surface area contributed by atoms with Crippen LogP contribution in [0.3, 0.4) is 0 Å². The molecule has 1 heterocycles. The number of hydrogen-bond acceptors (Lipinski definition) is 2. The first kappa shape index (κ1) is 10.4. The molecule has 0 bridgehead atoms. The molecule has 0 nitrogen and oxygen atoms in total. The van der Waals surface area contributed by atoms with Crippen molar-refractivity contribution in [3.8, 4) is 0 Å². The molecule has 2 aliphatic rings. The van der Waals surface area contributed by atoms with Crippen LogP contribution < -0.4 is 0 Å². The Bertz CT molecular complexity index is 174. The van der Waals surface area contributed by atoms with Crippen LogP contribution in [0.15, 0.2) is 0 Å². The molecule has 76 valence electrons. The van der Waals surface area contributed by atoms with Crippen LogP contribution in [0.5, 0.6) is 0 Å². The lowest BCUT2D eigenvalue weighted by molar-refractivity contribution is 0.532. The third-order valence-corrected chi connectivity index (χ3v) is 12.6. The highest BCUT2D eigenvalue weighted by Crippen LogP contribution is 2.52. The van der Waals surface area contributed by atoms with E-state index < -0.39 is 8.07 Å². The van der Waals surface area contributed by atoms with Gasteiger partial charge in [0.25, 0.3) is 0 Å². The summed E-state index contributed by atoms with van der Waals surface area (Å²) < 4.78 is 0.987. The van der Waals surface area contributed by atoms with E-state index in [1.54, 1.807) is 0 Å². The molecular weight excluding hydrogens is 212 g/mol. The number of fused-ring (bicyclic) bond motifs is 1. The van der Waals surface area contributed by atoms with Gasteiger partial charge < -0.3 is 0 Å². The van der Waals surface area contributed by atoms with E-state index in [0.29, 0.717) is 0 Å². The van der Waals surface area contributed by atoms with Crippen molar-refractivity contribution >= 4 is 31.6 Å². The molecule has 1 saturated carbocycles. The summed E-state index contributed by atoms with van der Waals surface area (Å²) in [5, 5.41) is 2.05. The third kappa shape index (κ3) is 2.29. The first-order chi connectivity index (χ1) is 6.07. The van der Waals surface area contributed by atoms with Crippen molar-refractivity contribution < 1.29 is 0 Å². The SMILES string of the molecule is C[Si](C)(C)C1S[C@H]2CCCC[C@@H]2S1. The highest BCUT2D eigenvalue weighted by atomic mass is 32.2. The van der Waals surface area contributed by atoms with E-state index >= 15 is 0 Å². The number of thioether (sulfide) groups is 2. The second-order valence-electron chi connectivity index (χ2n) is 5.33. The van der Waals surface area contributed by atoms with Gasteiger partial charge in [0, 0.05) is 14.7 Å². The molecule has 0 aromatic carbocycles. The standard InChI is InChI=1S/C10H20S2Si/c1-13(2,3)10-11-8-6-4-5-7-9(8)12-10/h8-10H,4-7H2,1-3H3/t8-,9-/m0/s1. The summed E-state index contributed by atoms with van der Waals surface area (Å²) >= 11 is 4.65. The quantitative estimate of drug-likeness (QED) is 0.627. The summed E-state index contributed by atoms with van der Waals surface area (Å²) in [5.41, 5.74) is 0. The van der Waals surface area contributed by atoms with E-state index in [4.69, 9.17) is 0 Å². The van der Waals surface area contributed by atoms with Crippen LogP contribution in [-0.4, -0.2) is 22.8 Å². The molecule has 2 fully saturated rings. The van der Waals surface area contributed by atoms with Crippen LogP contribution in [0.1, 0.15) is 25.7 Å². The molecule has 1 aliphatic carbocycles. The van der Waals surface area contributed by atoms with Crippen LogP contribution in [0, 0.1) is 0 Å². The highest BCUT2D eigenvalue weighted by Gasteiger charge is 2.42. The Morgan fingerprint density at radius 3 is 1.77 bits per heavy atom. The van der Waals surface area contributed by atoms with E-state index in [0.717, 1.165) is 14.7 Å². The fraction of sp³-hybridized carbons (Fsp3) is 1.00. The van der Waals surface area contributed by atoms with Crippen molar-refractivity contribution in [1.82, 2.24) is 0 Å². The van der Waals surface area contributed by atoms with Crippen LogP contribution in [-0.2, 0) is 0 Å². The summed E-state index contributed by atoms with van der Waals surface area (Å²) in [6.45, 7) is 7.57. The molecule has 1 saturated heterocycles. The molecule has 0 aromatic rings. The summed E-state index contributed by atoms with van der Waals surface area (Å²) in [5.74, 6) is 0. The molecule has 13 heavy (non-hydrogen) atoms. The van der Waals surface area contributed by atoms with Crippen LogP contribution >= 0.6 is 23.5 Å². The van der Waals surface area contributed by atoms with Crippen molar-refractivity contribution in [2.24, 2.45) is 0 Å². The topological polar surface area (TPSA) is 0 Å². The van der Waals surface area contributed by atoms with Crippen LogP contribution in [0.4, 0.5) is 0 Å². The predicted octanol–water partition coefficient (Wildman–Crippen LogP) is 3.98. The summed E-state index contributed by atoms with van der Waals surface area (Å²) in [6, 6.07) is 0. The summed E-state index contributed by atoms with van der Waals surface area (Å²) in [4.78, 5) is 0. The van der Waals surface area contributed by atoms with Gasteiger partial charge in [0.15, 0.2) is 0 Å². The Kier molecular flexibility index (Phi) is 3.07. The number of hydrogen-bond donors (Lipinski definition) is 0. The first-order valence-electron chi connectivity index (χ1n) is 5.38. The molecule has 0 N–H and O–H groups in total. The minimum absolute atomic E-state index is 0.887. The Morgan fingerprint density at radius 2 is 1.38 bits per heavy atom. The Morgan fingerprint density at radius 1 is 0.923 bits per heavy atom. The Balaban J connectivity index is 1.99. The molecule has 0 aromatic heterocycles. The summed E-state index contributed by atoms with van der Waals surface area (Å²) in [6.07, 6.45) is 5.99. The molecular formula is C10H20S2Si. The van der Waals surface area contributed by atoms with Gasteiger partial charge in [0.1, 0.15) is 0 Å². The normalized spacial score (nSPS) is 36.2. The zero-order valence-corrected chi connectivity index (χ0v) is 11.5. The molecule has 3 heteroatoms. The van der Waals surface area contributed by atoms with E-state index in [1.165, 1.54) is 25.7 Å². The molecule has 0 unspecified atom stereocenters. The molecule has 0 spiro atoms. The maximum absolute atomic E-state index is 2.52. The average molecular weight is 232 g/mol. The van der Waals surface area contributed by atoms with Gasteiger partial charge in [0.2, 0.25) is 0 Å². The second kappa shape index (κ2) is 3.82. The van der Waals surface area contributed by atoms with Crippen molar-refractivity contribution in [3.05, 3.63) is 0 Å². The van der Waals surface area contributed by atoms with Crippen molar-refractivity contribution in [2.75, 3.05) is 0 Å². The highest BCUT2D eigenvalue weighted by molar-refractivity contribution is 8.23. The Hall–Kier alpha value is 0.917. The monoisotopic (exact) mass is 232 g/mol. The van der Waals surface area contributed by atoms with Gasteiger partial charge in [0.05, 0.1) is 8.07 Å². The molecule has 0 amide bonds. The zero-order valence-electron chi connectivity index (χ0n) is 8.88. The lowest BCUT2D eigenvalue weighted by Gasteiger charge is -2.23. The van der Waals surface area contributed by atoms with Gasteiger partial charge in [-0.3, -0.25) is 0 Å². The minimum atomic E-state index is -0.887. The van der Waals surface area contributed by atoms with Crippen molar-refractivity contribution in [3.63, 3.8) is 0 Å². The molecule has 2 atom stereocenters. The van der Waals surface area contributed by atoms with E-state index in [1.807, 2.05) is 0 Å². The summed E-state index contributed by atoms with van der Waals surface area (Å²) in [7, 11) is -0.887. The molecule has 2 rings (SSSR count). The van der Waals surface area contributed by atoms with Gasteiger partial charge in [-0.15, -0.1) is 23.5 Å². The fourth-order valence-electron chi connectivity index (χ4n) is 2.13. The van der Waals surface area contributed by atoms with Crippen molar-refractivity contribution in [1.29, 1.82) is 0 Å².